The van der Waals surface area contributed by atoms with Crippen LogP contribution in [0.25, 0.3) is 38.6 Å². The third-order valence-corrected chi connectivity index (χ3v) is 12.7. The van der Waals surface area contributed by atoms with Gasteiger partial charge in [-0.15, -0.1) is 0 Å². The maximum atomic E-state index is 5.54. The molecular formula is C55H47BN4. The van der Waals surface area contributed by atoms with Crippen molar-refractivity contribution in [2.24, 2.45) is 0 Å². The van der Waals surface area contributed by atoms with Gasteiger partial charge in [0.05, 0.1) is 16.8 Å². The summed E-state index contributed by atoms with van der Waals surface area (Å²) in [5.41, 5.74) is 18.9. The molecule has 8 aromatic carbocycles. The molecule has 60 heavy (non-hydrogen) atoms. The Morgan fingerprint density at radius 3 is 1.83 bits per heavy atom. The Hall–Kier alpha value is -6.85. The number of rotatable bonds is 5. The standard InChI is InChI=1S/C55H47BN4/c1-54(2,3)38-23-27-41(28-24-38)58(42-29-25-39(26-30-42)55(4,5)6)43-31-32-46-51(35-43)59(40-16-8-7-9-17-40)49-20-13-21-50-52(49)56(46)53-57-47-34-37(22-33-48(47)60(50)53)45-19-12-15-36-14-10-11-18-44(36)45/h7-35H,1-6H3. The minimum atomic E-state index is -0.0285. The summed E-state index contributed by atoms with van der Waals surface area (Å²) in [6.07, 6.45) is 0. The van der Waals surface area contributed by atoms with Gasteiger partial charge in [-0.25, -0.2) is 4.98 Å². The first kappa shape index (κ1) is 36.3. The molecule has 0 radical (unpaired) electrons. The largest absolute Gasteiger partial charge is 0.311 e. The average Bonchev–Trinajstić information content (AvgIpc) is 3.79. The van der Waals surface area contributed by atoms with Crippen molar-refractivity contribution in [3.8, 4) is 16.8 Å². The van der Waals surface area contributed by atoms with Gasteiger partial charge in [-0.1, -0.05) is 145 Å². The summed E-state index contributed by atoms with van der Waals surface area (Å²) in [4.78, 5) is 10.4. The Kier molecular flexibility index (Phi) is 8.06. The van der Waals surface area contributed by atoms with Crippen molar-refractivity contribution in [2.45, 2.75) is 52.4 Å². The van der Waals surface area contributed by atoms with E-state index in [9.17, 15) is 0 Å². The molecule has 0 saturated heterocycles. The topological polar surface area (TPSA) is 24.3 Å². The molecule has 1 aromatic heterocycles. The zero-order valence-electron chi connectivity index (χ0n) is 35.1. The molecular weight excluding hydrogens is 727 g/mol. The van der Waals surface area contributed by atoms with Crippen molar-refractivity contribution in [1.82, 2.24) is 9.55 Å². The smallest absolute Gasteiger partial charge is 0.294 e. The van der Waals surface area contributed by atoms with E-state index < -0.39 is 0 Å². The fourth-order valence-electron chi connectivity index (χ4n) is 9.60. The lowest BCUT2D eigenvalue weighted by molar-refractivity contribution is 0.590. The molecule has 290 valence electrons. The molecule has 3 heterocycles. The van der Waals surface area contributed by atoms with E-state index in [1.807, 2.05) is 0 Å². The van der Waals surface area contributed by atoms with Crippen LogP contribution in [-0.4, -0.2) is 16.3 Å². The number of hydrogen-bond donors (Lipinski definition) is 0. The van der Waals surface area contributed by atoms with E-state index >= 15 is 0 Å². The van der Waals surface area contributed by atoms with E-state index in [0.717, 1.165) is 45.2 Å². The van der Waals surface area contributed by atoms with Crippen molar-refractivity contribution in [3.63, 3.8) is 0 Å². The summed E-state index contributed by atoms with van der Waals surface area (Å²) < 4.78 is 2.41. The second-order valence-corrected chi connectivity index (χ2v) is 18.5. The number of anilines is 6. The predicted octanol–water partition coefficient (Wildman–Crippen LogP) is 12.5. The molecule has 0 aliphatic carbocycles. The molecule has 0 bridgehead atoms. The summed E-state index contributed by atoms with van der Waals surface area (Å²) in [5, 5.41) is 2.50. The van der Waals surface area contributed by atoms with Gasteiger partial charge in [-0.3, -0.25) is 0 Å². The van der Waals surface area contributed by atoms with Crippen LogP contribution < -0.4 is 26.4 Å². The highest BCUT2D eigenvalue weighted by atomic mass is 15.2. The van der Waals surface area contributed by atoms with Crippen LogP contribution in [0.4, 0.5) is 34.1 Å². The first-order valence-corrected chi connectivity index (χ1v) is 21.2. The molecule has 0 saturated carbocycles. The predicted molar refractivity (Wildman–Crippen MR) is 255 cm³/mol. The molecule has 0 atom stereocenters. The maximum absolute atomic E-state index is 5.54. The lowest BCUT2D eigenvalue weighted by Crippen LogP contribution is -2.55. The molecule has 0 unspecified atom stereocenters. The van der Waals surface area contributed by atoms with Gasteiger partial charge in [0.25, 0.3) is 6.71 Å². The molecule has 0 spiro atoms. The lowest BCUT2D eigenvalue weighted by Gasteiger charge is -2.36. The van der Waals surface area contributed by atoms with Gasteiger partial charge in [0.15, 0.2) is 0 Å². The lowest BCUT2D eigenvalue weighted by atomic mass is 9.39. The minimum Gasteiger partial charge on any atom is -0.311 e. The highest BCUT2D eigenvalue weighted by molar-refractivity contribution is 6.99. The summed E-state index contributed by atoms with van der Waals surface area (Å²) >= 11 is 0. The molecule has 9 aromatic rings. The molecule has 5 heteroatoms. The quantitative estimate of drug-likeness (QED) is 0.163. The van der Waals surface area contributed by atoms with Crippen LogP contribution in [-0.2, 0) is 10.8 Å². The van der Waals surface area contributed by atoms with E-state index in [1.54, 1.807) is 0 Å². The highest BCUT2D eigenvalue weighted by Crippen LogP contribution is 2.44. The Balaban J connectivity index is 1.10. The zero-order valence-corrected chi connectivity index (χ0v) is 35.1. The van der Waals surface area contributed by atoms with E-state index in [-0.39, 0.29) is 17.5 Å². The van der Waals surface area contributed by atoms with E-state index in [4.69, 9.17) is 4.98 Å². The number of para-hydroxylation sites is 1. The molecule has 0 N–H and O–H groups in total. The zero-order chi connectivity index (χ0) is 40.9. The number of hydrogen-bond acceptors (Lipinski definition) is 3. The van der Waals surface area contributed by atoms with Gasteiger partial charge in [0.1, 0.15) is 0 Å². The monoisotopic (exact) mass is 774 g/mol. The Bertz CT molecular complexity index is 3050. The van der Waals surface area contributed by atoms with Gasteiger partial charge in [0.2, 0.25) is 0 Å². The normalized spacial score (nSPS) is 13.1. The Morgan fingerprint density at radius 2 is 1.13 bits per heavy atom. The molecule has 11 rings (SSSR count). The number of imidazole rings is 1. The van der Waals surface area contributed by atoms with Crippen LogP contribution in [0.3, 0.4) is 0 Å². The molecule has 2 aliphatic rings. The van der Waals surface area contributed by atoms with Gasteiger partial charge in [-0.05, 0) is 128 Å². The molecule has 0 fully saturated rings. The third-order valence-electron chi connectivity index (χ3n) is 12.7. The van der Waals surface area contributed by atoms with Gasteiger partial charge in [0, 0.05) is 39.8 Å². The van der Waals surface area contributed by atoms with E-state index in [2.05, 4.69) is 232 Å². The van der Waals surface area contributed by atoms with Gasteiger partial charge >= 0.3 is 0 Å². The highest BCUT2D eigenvalue weighted by Gasteiger charge is 2.45. The third kappa shape index (κ3) is 5.71. The SMILES string of the molecule is CC(C)(C)c1ccc(N(c2ccc(C(C)(C)C)cc2)c2ccc3c(c2)N(c2ccccc2)c2cccc4c2B3c2nc3cc(-c5cccc6ccccc56)ccc3n2-4)cc1. The van der Waals surface area contributed by atoms with Crippen molar-refractivity contribution < 1.29 is 0 Å². The summed E-state index contributed by atoms with van der Waals surface area (Å²) in [5.74, 6) is 0. The van der Waals surface area contributed by atoms with Gasteiger partial charge < -0.3 is 14.4 Å². The fraction of sp³-hybridized carbons (Fsp3) is 0.145. The average molecular weight is 775 g/mol. The van der Waals surface area contributed by atoms with Crippen LogP contribution in [0.15, 0.2) is 176 Å². The van der Waals surface area contributed by atoms with Crippen LogP contribution in [0.1, 0.15) is 52.7 Å². The van der Waals surface area contributed by atoms with Crippen molar-refractivity contribution >= 4 is 79.3 Å². The number of fused-ring (bicyclic) bond motifs is 8. The second-order valence-electron chi connectivity index (χ2n) is 18.5. The summed E-state index contributed by atoms with van der Waals surface area (Å²) in [7, 11) is 0. The Morgan fingerprint density at radius 1 is 0.517 bits per heavy atom. The molecule has 4 nitrogen and oxygen atoms in total. The van der Waals surface area contributed by atoms with Gasteiger partial charge in [-0.2, -0.15) is 0 Å². The van der Waals surface area contributed by atoms with Crippen molar-refractivity contribution in [2.75, 3.05) is 9.80 Å². The molecule has 2 aliphatic heterocycles. The number of benzene rings is 8. The van der Waals surface area contributed by atoms with Crippen LogP contribution in [0.5, 0.6) is 0 Å². The van der Waals surface area contributed by atoms with Crippen molar-refractivity contribution in [1.29, 1.82) is 0 Å². The first-order valence-electron chi connectivity index (χ1n) is 21.2. The Labute approximate surface area is 353 Å². The number of nitrogens with zero attached hydrogens (tertiary/aromatic N) is 4. The maximum Gasteiger partial charge on any atom is 0.294 e. The van der Waals surface area contributed by atoms with E-state index in [1.165, 1.54) is 55.3 Å². The first-order chi connectivity index (χ1) is 29.0. The number of aromatic nitrogens is 2. The van der Waals surface area contributed by atoms with Crippen LogP contribution >= 0.6 is 0 Å². The van der Waals surface area contributed by atoms with Crippen LogP contribution in [0.2, 0.25) is 0 Å². The van der Waals surface area contributed by atoms with E-state index in [0.29, 0.717) is 0 Å². The molecule has 0 amide bonds. The minimum absolute atomic E-state index is 0.0285. The van der Waals surface area contributed by atoms with Crippen LogP contribution in [0, 0.1) is 0 Å². The summed E-state index contributed by atoms with van der Waals surface area (Å²) in [6.45, 7) is 13.6. The van der Waals surface area contributed by atoms with Crippen molar-refractivity contribution in [3.05, 3.63) is 187 Å². The second kappa shape index (κ2) is 13.3. The fourth-order valence-corrected chi connectivity index (χ4v) is 9.60. The summed E-state index contributed by atoms with van der Waals surface area (Å²) in [6, 6.07) is 64.9.